The summed E-state index contributed by atoms with van der Waals surface area (Å²) in [6, 6.07) is 10.9. The summed E-state index contributed by atoms with van der Waals surface area (Å²) in [5.74, 6) is 1.36. The molecule has 3 aliphatic heterocycles. The van der Waals surface area contributed by atoms with Gasteiger partial charge < -0.3 is 14.7 Å². The maximum Gasteiger partial charge on any atom is 0.225 e. The number of rotatable bonds is 3. The Morgan fingerprint density at radius 3 is 2.05 bits per heavy atom. The normalized spacial score (nSPS) is 20.8. The molecule has 42 heavy (non-hydrogen) atoms. The van der Waals surface area contributed by atoms with E-state index in [1.54, 1.807) is 6.92 Å². The molecule has 4 heterocycles. The highest BCUT2D eigenvalue weighted by Crippen LogP contribution is 2.29. The maximum absolute atomic E-state index is 13.6. The third-order valence-electron chi connectivity index (χ3n) is 9.50. The molecule has 0 N–H and O–H groups in total. The van der Waals surface area contributed by atoms with Crippen molar-refractivity contribution in [2.45, 2.75) is 97.6 Å². The topological polar surface area (TPSA) is 72.9 Å². The Labute approximate surface area is 252 Å². The van der Waals surface area contributed by atoms with E-state index in [1.165, 1.54) is 37.7 Å². The largest absolute Gasteiger partial charge is 0.342 e. The lowest BCUT2D eigenvalue weighted by Gasteiger charge is -2.41. The first kappa shape index (κ1) is 30.5. The first-order chi connectivity index (χ1) is 20.4. The minimum Gasteiger partial charge on any atom is -0.342 e. The molecule has 1 aromatic carbocycles. The van der Waals surface area contributed by atoms with Crippen molar-refractivity contribution in [3.05, 3.63) is 47.3 Å². The van der Waals surface area contributed by atoms with E-state index in [9.17, 15) is 9.59 Å². The van der Waals surface area contributed by atoms with Crippen LogP contribution in [0.1, 0.15) is 88.1 Å². The van der Waals surface area contributed by atoms with Crippen LogP contribution in [0.2, 0.25) is 0 Å². The predicted octanol–water partition coefficient (Wildman–Crippen LogP) is 5.51. The Balaban J connectivity index is 1.19. The SMILES string of the molecule is CC(=O)N1CCCCCCCCN(C2CCN(C(=O)C3CCN(c4nc(C)cc(C)n4)CC3)CC2)Cc2ccccc21. The van der Waals surface area contributed by atoms with E-state index in [0.717, 1.165) is 101 Å². The summed E-state index contributed by atoms with van der Waals surface area (Å²) in [4.78, 5) is 44.5. The number of anilines is 2. The molecule has 5 rings (SSSR count). The molecule has 2 aromatic rings. The van der Waals surface area contributed by atoms with Crippen LogP contribution in [0.4, 0.5) is 11.6 Å². The molecule has 2 fully saturated rings. The van der Waals surface area contributed by atoms with Gasteiger partial charge in [-0.25, -0.2) is 9.97 Å². The monoisotopic (exact) mass is 574 g/mol. The number of likely N-dealkylation sites (tertiary alicyclic amines) is 1. The smallest absolute Gasteiger partial charge is 0.225 e. The Hall–Kier alpha value is -3.00. The molecule has 3 aliphatic rings. The number of carbonyl (C=O) groups is 2. The minimum absolute atomic E-state index is 0.0960. The van der Waals surface area contributed by atoms with Crippen LogP contribution < -0.4 is 9.80 Å². The van der Waals surface area contributed by atoms with Crippen molar-refractivity contribution >= 4 is 23.5 Å². The second-order valence-electron chi connectivity index (χ2n) is 12.7. The maximum atomic E-state index is 13.6. The fraction of sp³-hybridized carbons (Fsp3) is 0.647. The van der Waals surface area contributed by atoms with E-state index >= 15 is 0 Å². The molecule has 2 saturated heterocycles. The van der Waals surface area contributed by atoms with Crippen LogP contribution >= 0.6 is 0 Å². The van der Waals surface area contributed by atoms with Gasteiger partial charge in [0.05, 0.1) is 0 Å². The molecule has 0 saturated carbocycles. The van der Waals surface area contributed by atoms with Crippen LogP contribution in [-0.4, -0.2) is 76.9 Å². The molecule has 1 aromatic heterocycles. The molecule has 0 aliphatic carbocycles. The number of aromatic nitrogens is 2. The molecule has 0 atom stereocenters. The fourth-order valence-corrected chi connectivity index (χ4v) is 7.14. The predicted molar refractivity (Wildman–Crippen MR) is 169 cm³/mol. The van der Waals surface area contributed by atoms with E-state index in [4.69, 9.17) is 0 Å². The number of amides is 2. The molecule has 0 radical (unpaired) electrons. The summed E-state index contributed by atoms with van der Waals surface area (Å²) in [7, 11) is 0. The second kappa shape index (κ2) is 14.5. The summed E-state index contributed by atoms with van der Waals surface area (Å²) >= 11 is 0. The van der Waals surface area contributed by atoms with Crippen molar-refractivity contribution in [2.24, 2.45) is 5.92 Å². The van der Waals surface area contributed by atoms with Crippen molar-refractivity contribution < 1.29 is 9.59 Å². The Bertz CT molecular complexity index is 1180. The van der Waals surface area contributed by atoms with Crippen LogP contribution in [-0.2, 0) is 16.1 Å². The lowest BCUT2D eigenvalue weighted by atomic mass is 9.93. The van der Waals surface area contributed by atoms with Crippen LogP contribution in [0.5, 0.6) is 0 Å². The fourth-order valence-electron chi connectivity index (χ4n) is 7.14. The Morgan fingerprint density at radius 2 is 1.38 bits per heavy atom. The molecule has 0 unspecified atom stereocenters. The molecular formula is C34H50N6O2. The summed E-state index contributed by atoms with van der Waals surface area (Å²) in [6.07, 6.45) is 11.0. The van der Waals surface area contributed by atoms with Gasteiger partial charge in [0.15, 0.2) is 0 Å². The number of benzene rings is 1. The number of para-hydroxylation sites is 1. The highest BCUT2D eigenvalue weighted by atomic mass is 16.2. The molecule has 8 nitrogen and oxygen atoms in total. The number of hydrogen-bond acceptors (Lipinski definition) is 6. The molecule has 2 amide bonds. The first-order valence-electron chi connectivity index (χ1n) is 16.3. The zero-order chi connectivity index (χ0) is 29.5. The van der Waals surface area contributed by atoms with Crippen LogP contribution in [0.25, 0.3) is 0 Å². The van der Waals surface area contributed by atoms with Crippen LogP contribution in [0.15, 0.2) is 30.3 Å². The van der Waals surface area contributed by atoms with Gasteiger partial charge in [0.25, 0.3) is 0 Å². The Kier molecular flexibility index (Phi) is 10.5. The van der Waals surface area contributed by atoms with Crippen molar-refractivity contribution in [3.8, 4) is 0 Å². The van der Waals surface area contributed by atoms with Gasteiger partial charge in [0.1, 0.15) is 0 Å². The van der Waals surface area contributed by atoms with Crippen LogP contribution in [0, 0.1) is 19.8 Å². The zero-order valence-corrected chi connectivity index (χ0v) is 26.1. The van der Waals surface area contributed by atoms with Gasteiger partial charge in [-0.2, -0.15) is 0 Å². The Morgan fingerprint density at radius 1 is 0.762 bits per heavy atom. The van der Waals surface area contributed by atoms with Gasteiger partial charge in [-0.3, -0.25) is 14.5 Å². The standard InChI is InChI=1S/C34H50N6O2/c1-26-24-27(2)36-34(35-26)38-20-14-29(15-21-38)33(42)37-22-16-31(17-23-37)39-18-10-6-4-5-7-11-19-40(28(3)41)32-13-9-8-12-30(32)25-39/h8-9,12-13,24,29,31H,4-7,10-11,14-23,25H2,1-3H3. The van der Waals surface area contributed by atoms with Crippen molar-refractivity contribution in [1.82, 2.24) is 19.8 Å². The van der Waals surface area contributed by atoms with E-state index < -0.39 is 0 Å². The first-order valence-corrected chi connectivity index (χ1v) is 16.3. The lowest BCUT2D eigenvalue weighted by Crippen LogP contribution is -2.49. The van der Waals surface area contributed by atoms with Gasteiger partial charge in [0, 0.05) is 75.2 Å². The highest BCUT2D eigenvalue weighted by Gasteiger charge is 2.33. The molecule has 0 bridgehead atoms. The van der Waals surface area contributed by atoms with Gasteiger partial charge in [-0.15, -0.1) is 0 Å². The van der Waals surface area contributed by atoms with Crippen molar-refractivity contribution in [1.29, 1.82) is 0 Å². The minimum atomic E-state index is 0.0960. The summed E-state index contributed by atoms with van der Waals surface area (Å²) in [5.41, 5.74) is 4.29. The molecule has 228 valence electrons. The number of fused-ring (bicyclic) bond motifs is 1. The van der Waals surface area contributed by atoms with E-state index in [2.05, 4.69) is 48.9 Å². The van der Waals surface area contributed by atoms with E-state index in [-0.39, 0.29) is 11.8 Å². The lowest BCUT2D eigenvalue weighted by molar-refractivity contribution is -0.137. The second-order valence-corrected chi connectivity index (χ2v) is 12.7. The number of piperidine rings is 2. The van der Waals surface area contributed by atoms with Crippen molar-refractivity contribution in [2.75, 3.05) is 49.1 Å². The number of carbonyl (C=O) groups excluding carboxylic acids is 2. The third kappa shape index (κ3) is 7.68. The van der Waals surface area contributed by atoms with E-state index in [0.29, 0.717) is 11.9 Å². The zero-order valence-electron chi connectivity index (χ0n) is 26.1. The summed E-state index contributed by atoms with van der Waals surface area (Å²) in [6.45, 7) is 11.8. The third-order valence-corrected chi connectivity index (χ3v) is 9.50. The molecular weight excluding hydrogens is 524 g/mol. The average molecular weight is 575 g/mol. The number of nitrogens with zero attached hydrogens (tertiary/aromatic N) is 6. The van der Waals surface area contributed by atoms with Crippen molar-refractivity contribution in [3.63, 3.8) is 0 Å². The van der Waals surface area contributed by atoms with Crippen LogP contribution in [0.3, 0.4) is 0 Å². The van der Waals surface area contributed by atoms with E-state index in [1.807, 2.05) is 24.8 Å². The number of hydrogen-bond donors (Lipinski definition) is 0. The summed E-state index contributed by atoms with van der Waals surface area (Å²) < 4.78 is 0. The van der Waals surface area contributed by atoms with Gasteiger partial charge in [-0.05, 0) is 76.6 Å². The average Bonchev–Trinajstić information content (AvgIpc) is 3.01. The quantitative estimate of drug-likeness (QED) is 0.481. The molecule has 0 spiro atoms. The van der Waals surface area contributed by atoms with Gasteiger partial charge in [-0.1, -0.05) is 43.9 Å². The van der Waals surface area contributed by atoms with Gasteiger partial charge in [0.2, 0.25) is 17.8 Å². The highest BCUT2D eigenvalue weighted by molar-refractivity contribution is 5.92. The molecule has 8 heteroatoms. The number of aryl methyl sites for hydroxylation is 2. The van der Waals surface area contributed by atoms with Gasteiger partial charge >= 0.3 is 0 Å². The summed E-state index contributed by atoms with van der Waals surface area (Å²) in [5, 5.41) is 0.